The van der Waals surface area contributed by atoms with Gasteiger partial charge in [-0.3, -0.25) is 0 Å². The second-order valence-electron chi connectivity index (χ2n) is 7.66. The van der Waals surface area contributed by atoms with E-state index in [4.69, 9.17) is 0 Å². The molecule has 1 unspecified atom stereocenters. The summed E-state index contributed by atoms with van der Waals surface area (Å²) >= 11 is 0. The summed E-state index contributed by atoms with van der Waals surface area (Å²) in [5, 5.41) is 12.4. The third-order valence-electron chi connectivity index (χ3n) is 5.43. The molecule has 0 bridgehead atoms. The lowest BCUT2D eigenvalue weighted by Gasteiger charge is -2.37. The molecule has 0 heterocycles. The number of rotatable bonds is 1. The molecule has 2 aromatic carbocycles. The maximum Gasteiger partial charge on any atom is 0.0762 e. The zero-order valence-electron chi connectivity index (χ0n) is 14.2. The molecule has 0 radical (unpaired) electrons. The van der Waals surface area contributed by atoms with Crippen LogP contribution in [0, 0.1) is 0 Å². The lowest BCUT2D eigenvalue weighted by molar-refractivity contribution is 0.199. The summed E-state index contributed by atoms with van der Waals surface area (Å²) in [6.07, 6.45) is 7.74. The van der Waals surface area contributed by atoms with E-state index in [-0.39, 0.29) is 5.41 Å². The topological polar surface area (TPSA) is 20.2 Å². The van der Waals surface area contributed by atoms with Gasteiger partial charge in [0.05, 0.1) is 6.10 Å². The fourth-order valence-corrected chi connectivity index (χ4v) is 4.36. The van der Waals surface area contributed by atoms with E-state index >= 15 is 0 Å². The maximum atomic E-state index is 9.86. The van der Waals surface area contributed by atoms with E-state index in [0.29, 0.717) is 0 Å². The highest BCUT2D eigenvalue weighted by atomic mass is 16.3. The van der Waals surface area contributed by atoms with Gasteiger partial charge in [0.1, 0.15) is 0 Å². The van der Waals surface area contributed by atoms with Crippen molar-refractivity contribution in [3.8, 4) is 0 Å². The molecule has 1 nitrogen and oxygen atoms in total. The molecule has 1 atom stereocenters. The maximum absolute atomic E-state index is 9.86. The summed E-state index contributed by atoms with van der Waals surface area (Å²) < 4.78 is 0. The molecular weight excluding hydrogens is 280 g/mol. The SMILES string of the molecule is CC(O)c1ccc2c3c(ccc2c1)C1=C(CCC=C1)CC3(C)C. The minimum atomic E-state index is -0.418. The summed E-state index contributed by atoms with van der Waals surface area (Å²) in [6.45, 7) is 6.57. The van der Waals surface area contributed by atoms with Gasteiger partial charge >= 0.3 is 0 Å². The second kappa shape index (κ2) is 5.07. The van der Waals surface area contributed by atoms with Crippen LogP contribution in [0.5, 0.6) is 0 Å². The number of aliphatic hydroxyl groups is 1. The molecule has 0 fully saturated rings. The van der Waals surface area contributed by atoms with Gasteiger partial charge in [0.2, 0.25) is 0 Å². The van der Waals surface area contributed by atoms with Crippen LogP contribution < -0.4 is 0 Å². The highest BCUT2D eigenvalue weighted by molar-refractivity contribution is 5.95. The Morgan fingerprint density at radius 2 is 1.96 bits per heavy atom. The molecule has 2 aromatic rings. The lowest BCUT2D eigenvalue weighted by Crippen LogP contribution is -2.25. The number of hydrogen-bond donors (Lipinski definition) is 1. The molecule has 0 amide bonds. The zero-order valence-corrected chi connectivity index (χ0v) is 14.2. The summed E-state index contributed by atoms with van der Waals surface area (Å²) in [7, 11) is 0. The van der Waals surface area contributed by atoms with Crippen LogP contribution >= 0.6 is 0 Å². The highest BCUT2D eigenvalue weighted by Gasteiger charge is 2.33. The molecule has 2 aliphatic rings. The Morgan fingerprint density at radius 3 is 2.74 bits per heavy atom. The molecule has 2 aliphatic carbocycles. The smallest absolute Gasteiger partial charge is 0.0762 e. The van der Waals surface area contributed by atoms with Crippen molar-refractivity contribution in [3.05, 3.63) is 64.7 Å². The number of fused-ring (bicyclic) bond motifs is 4. The molecule has 0 aromatic heterocycles. The highest BCUT2D eigenvalue weighted by Crippen LogP contribution is 2.48. The number of hydrogen-bond acceptors (Lipinski definition) is 1. The van der Waals surface area contributed by atoms with Crippen molar-refractivity contribution in [2.75, 3.05) is 0 Å². The molecule has 0 spiro atoms. The molecule has 23 heavy (non-hydrogen) atoms. The number of aliphatic hydroxyl groups excluding tert-OH is 1. The lowest BCUT2D eigenvalue weighted by atomic mass is 9.67. The van der Waals surface area contributed by atoms with Gasteiger partial charge in [-0.25, -0.2) is 0 Å². The molecule has 1 N–H and O–H groups in total. The van der Waals surface area contributed by atoms with Crippen molar-refractivity contribution < 1.29 is 5.11 Å². The van der Waals surface area contributed by atoms with Crippen LogP contribution in [0.2, 0.25) is 0 Å². The second-order valence-corrected chi connectivity index (χ2v) is 7.66. The molecule has 1 heteroatoms. The number of benzene rings is 2. The van der Waals surface area contributed by atoms with Crippen LogP contribution in [0.25, 0.3) is 16.3 Å². The predicted molar refractivity (Wildman–Crippen MR) is 97.5 cm³/mol. The quantitative estimate of drug-likeness (QED) is 0.719. The Hall–Kier alpha value is -1.86. The van der Waals surface area contributed by atoms with Gasteiger partial charge in [-0.15, -0.1) is 0 Å². The first-order chi connectivity index (χ1) is 11.0. The Morgan fingerprint density at radius 1 is 1.13 bits per heavy atom. The van der Waals surface area contributed by atoms with Crippen molar-refractivity contribution in [1.29, 1.82) is 0 Å². The van der Waals surface area contributed by atoms with Crippen molar-refractivity contribution in [2.45, 2.75) is 51.6 Å². The third kappa shape index (κ3) is 2.26. The summed E-state index contributed by atoms with van der Waals surface area (Å²) in [5.41, 5.74) is 7.09. The summed E-state index contributed by atoms with van der Waals surface area (Å²) in [6, 6.07) is 10.9. The Labute approximate surface area is 138 Å². The normalized spacial score (nSPS) is 20.3. The van der Waals surface area contributed by atoms with E-state index in [1.807, 2.05) is 6.92 Å². The first-order valence-electron chi connectivity index (χ1n) is 8.61. The molecule has 4 rings (SSSR count). The van der Waals surface area contributed by atoms with Crippen molar-refractivity contribution in [1.82, 2.24) is 0 Å². The minimum Gasteiger partial charge on any atom is -0.389 e. The van der Waals surface area contributed by atoms with Gasteiger partial charge in [0.25, 0.3) is 0 Å². The fraction of sp³-hybridized carbons (Fsp3) is 0.364. The molecule has 0 aliphatic heterocycles. The third-order valence-corrected chi connectivity index (χ3v) is 5.43. The van der Waals surface area contributed by atoms with Gasteiger partial charge in [-0.05, 0) is 70.7 Å². The minimum absolute atomic E-state index is 0.158. The zero-order chi connectivity index (χ0) is 16.2. The standard InChI is InChI=1S/C22H24O/c1-14(23)15-8-10-19-16(12-15)9-11-20-18-7-5-4-6-17(18)13-22(2,3)21(19)20/h5,7-12,14,23H,4,6,13H2,1-3H3. The monoisotopic (exact) mass is 304 g/mol. The van der Waals surface area contributed by atoms with Crippen molar-refractivity contribution in [3.63, 3.8) is 0 Å². The van der Waals surface area contributed by atoms with E-state index in [2.05, 4.69) is 56.3 Å². The fourth-order valence-electron chi connectivity index (χ4n) is 4.36. The van der Waals surface area contributed by atoms with Crippen LogP contribution in [-0.2, 0) is 5.41 Å². The molecule has 118 valence electrons. The van der Waals surface area contributed by atoms with E-state index in [0.717, 1.165) is 12.0 Å². The van der Waals surface area contributed by atoms with E-state index in [1.54, 1.807) is 5.57 Å². The van der Waals surface area contributed by atoms with Crippen LogP contribution in [0.4, 0.5) is 0 Å². The van der Waals surface area contributed by atoms with E-state index in [9.17, 15) is 5.11 Å². The average Bonchev–Trinajstić information content (AvgIpc) is 2.53. The van der Waals surface area contributed by atoms with Gasteiger partial charge in [-0.1, -0.05) is 55.8 Å². The van der Waals surface area contributed by atoms with Crippen LogP contribution in [0.1, 0.15) is 62.8 Å². The summed E-state index contributed by atoms with van der Waals surface area (Å²) in [5.74, 6) is 0. The van der Waals surface area contributed by atoms with Gasteiger partial charge < -0.3 is 5.11 Å². The van der Waals surface area contributed by atoms with Crippen LogP contribution in [0.15, 0.2) is 48.1 Å². The Balaban J connectivity index is 2.01. The van der Waals surface area contributed by atoms with E-state index < -0.39 is 6.10 Å². The first kappa shape index (κ1) is 14.7. The largest absolute Gasteiger partial charge is 0.389 e. The van der Waals surface area contributed by atoms with Crippen LogP contribution in [0.3, 0.4) is 0 Å². The number of allylic oxidation sites excluding steroid dienone is 4. The Bertz CT molecular complexity index is 850. The predicted octanol–water partition coefficient (Wildman–Crippen LogP) is 5.68. The summed E-state index contributed by atoms with van der Waals surface area (Å²) in [4.78, 5) is 0. The van der Waals surface area contributed by atoms with Crippen molar-refractivity contribution >= 4 is 16.3 Å². The molecule has 0 saturated carbocycles. The first-order valence-corrected chi connectivity index (χ1v) is 8.61. The van der Waals surface area contributed by atoms with Gasteiger partial charge in [0, 0.05) is 0 Å². The molecule has 0 saturated heterocycles. The van der Waals surface area contributed by atoms with Gasteiger partial charge in [-0.2, -0.15) is 0 Å². The van der Waals surface area contributed by atoms with E-state index in [1.165, 1.54) is 40.3 Å². The molecular formula is C22H24O. The van der Waals surface area contributed by atoms with Gasteiger partial charge in [0.15, 0.2) is 0 Å². The Kier molecular flexibility index (Phi) is 3.24. The average molecular weight is 304 g/mol. The van der Waals surface area contributed by atoms with Crippen LogP contribution in [-0.4, -0.2) is 5.11 Å². The van der Waals surface area contributed by atoms with Crippen molar-refractivity contribution in [2.24, 2.45) is 0 Å².